The van der Waals surface area contributed by atoms with Crippen LogP contribution in [0.15, 0.2) is 23.2 Å². The zero-order valence-electron chi connectivity index (χ0n) is 7.41. The number of benzene rings is 1. The first-order valence-electron chi connectivity index (χ1n) is 4.25. The molecule has 0 atom stereocenters. The lowest BCUT2D eigenvalue weighted by molar-refractivity contribution is -0.115. The number of carbonyl (C=O) groups is 1. The van der Waals surface area contributed by atoms with Gasteiger partial charge in [0.2, 0.25) is 12.0 Å². The summed E-state index contributed by atoms with van der Waals surface area (Å²) in [5.74, 6) is 0.0102. The largest absolute Gasteiger partial charge is 0.326 e. The van der Waals surface area contributed by atoms with Gasteiger partial charge in [0.1, 0.15) is 0 Å². The number of hydrogen-bond donors (Lipinski definition) is 1. The molecule has 0 bridgehead atoms. The molecule has 0 saturated carbocycles. The molecule has 0 radical (unpaired) electrons. The maximum absolute atomic E-state index is 11.0. The van der Waals surface area contributed by atoms with E-state index in [1.54, 1.807) is 0 Å². The second-order valence-electron chi connectivity index (χ2n) is 3.12. The van der Waals surface area contributed by atoms with Crippen LogP contribution in [0.3, 0.4) is 0 Å². The van der Waals surface area contributed by atoms with Crippen LogP contribution in [-0.2, 0) is 22.6 Å². The van der Waals surface area contributed by atoms with Crippen LogP contribution in [0.1, 0.15) is 11.1 Å². The molecule has 2 rings (SSSR count). The highest BCUT2D eigenvalue weighted by molar-refractivity contribution is 5.99. The van der Waals surface area contributed by atoms with E-state index in [1.165, 1.54) is 6.08 Å². The zero-order chi connectivity index (χ0) is 9.97. The number of carbonyl (C=O) groups excluding carboxylic acids is 2. The molecule has 4 nitrogen and oxygen atoms in total. The molecule has 1 aliphatic heterocycles. The van der Waals surface area contributed by atoms with Crippen LogP contribution in [0.2, 0.25) is 0 Å². The highest BCUT2D eigenvalue weighted by Crippen LogP contribution is 2.23. The Hall–Kier alpha value is -1.93. The number of anilines is 1. The molecule has 4 heteroatoms. The van der Waals surface area contributed by atoms with Crippen molar-refractivity contribution in [3.05, 3.63) is 29.3 Å². The van der Waals surface area contributed by atoms with Crippen molar-refractivity contribution >= 4 is 17.7 Å². The molecule has 1 heterocycles. The van der Waals surface area contributed by atoms with Gasteiger partial charge in [-0.1, -0.05) is 12.1 Å². The molecule has 0 aliphatic carbocycles. The Morgan fingerprint density at radius 1 is 1.50 bits per heavy atom. The van der Waals surface area contributed by atoms with E-state index in [1.807, 2.05) is 18.2 Å². The van der Waals surface area contributed by atoms with Crippen LogP contribution in [-0.4, -0.2) is 12.0 Å². The van der Waals surface area contributed by atoms with Gasteiger partial charge in [0.25, 0.3) is 0 Å². The SMILES string of the molecule is O=C=NCc1ccc2c(c1)CC(=O)N2. The van der Waals surface area contributed by atoms with Crippen molar-refractivity contribution in [1.82, 2.24) is 0 Å². The standard InChI is InChI=1S/C10H8N2O2/c13-6-11-5-7-1-2-9-8(3-7)4-10(14)12-9/h1-3H,4-5H2,(H,12,14). The van der Waals surface area contributed by atoms with E-state index < -0.39 is 0 Å². The molecule has 70 valence electrons. The van der Waals surface area contributed by atoms with Crippen LogP contribution >= 0.6 is 0 Å². The Bertz CT molecular complexity index is 434. The first-order chi connectivity index (χ1) is 6.79. The van der Waals surface area contributed by atoms with Gasteiger partial charge >= 0.3 is 0 Å². The van der Waals surface area contributed by atoms with E-state index in [4.69, 9.17) is 0 Å². The molecule has 1 amide bonds. The number of aliphatic imine (C=N–C) groups is 1. The fourth-order valence-corrected chi connectivity index (χ4v) is 1.50. The first-order valence-corrected chi connectivity index (χ1v) is 4.25. The highest BCUT2D eigenvalue weighted by Gasteiger charge is 2.16. The van der Waals surface area contributed by atoms with Crippen molar-refractivity contribution in [2.24, 2.45) is 4.99 Å². The van der Waals surface area contributed by atoms with Gasteiger partial charge in [0.15, 0.2) is 0 Å². The monoisotopic (exact) mass is 188 g/mol. The second kappa shape index (κ2) is 3.44. The third-order valence-corrected chi connectivity index (χ3v) is 2.12. The number of rotatable bonds is 2. The molecule has 1 aromatic carbocycles. The first kappa shape index (κ1) is 8.66. The van der Waals surface area contributed by atoms with E-state index in [0.29, 0.717) is 13.0 Å². The smallest absolute Gasteiger partial charge is 0.235 e. The van der Waals surface area contributed by atoms with Crippen LogP contribution < -0.4 is 5.32 Å². The van der Waals surface area contributed by atoms with Crippen molar-refractivity contribution in [2.75, 3.05) is 5.32 Å². The molecule has 1 N–H and O–H groups in total. The average Bonchev–Trinajstić information content (AvgIpc) is 2.54. The van der Waals surface area contributed by atoms with Gasteiger partial charge in [-0.2, -0.15) is 0 Å². The predicted molar refractivity (Wildman–Crippen MR) is 50.6 cm³/mol. The molecular weight excluding hydrogens is 180 g/mol. The van der Waals surface area contributed by atoms with Gasteiger partial charge in [-0.3, -0.25) is 4.79 Å². The third kappa shape index (κ3) is 1.56. The lowest BCUT2D eigenvalue weighted by atomic mass is 10.1. The van der Waals surface area contributed by atoms with Gasteiger partial charge in [0.05, 0.1) is 13.0 Å². The summed E-state index contributed by atoms with van der Waals surface area (Å²) >= 11 is 0. The number of amides is 1. The summed E-state index contributed by atoms with van der Waals surface area (Å²) in [7, 11) is 0. The molecule has 14 heavy (non-hydrogen) atoms. The van der Waals surface area contributed by atoms with Gasteiger partial charge in [-0.25, -0.2) is 9.79 Å². The fourth-order valence-electron chi connectivity index (χ4n) is 1.50. The van der Waals surface area contributed by atoms with Gasteiger partial charge < -0.3 is 5.32 Å². The quantitative estimate of drug-likeness (QED) is 0.556. The second-order valence-corrected chi connectivity index (χ2v) is 3.12. The van der Waals surface area contributed by atoms with Crippen molar-refractivity contribution in [1.29, 1.82) is 0 Å². The minimum absolute atomic E-state index is 0.0102. The van der Waals surface area contributed by atoms with Crippen molar-refractivity contribution in [3.8, 4) is 0 Å². The van der Waals surface area contributed by atoms with E-state index >= 15 is 0 Å². The molecule has 0 unspecified atom stereocenters. The lowest BCUT2D eigenvalue weighted by Crippen LogP contribution is -2.03. The average molecular weight is 188 g/mol. The minimum atomic E-state index is 0.0102. The number of nitrogens with one attached hydrogen (secondary N) is 1. The third-order valence-electron chi connectivity index (χ3n) is 2.12. The Labute approximate surface area is 80.7 Å². The summed E-state index contributed by atoms with van der Waals surface area (Å²) in [5, 5.41) is 2.73. The number of nitrogens with zero attached hydrogens (tertiary/aromatic N) is 1. The summed E-state index contributed by atoms with van der Waals surface area (Å²) in [6, 6.07) is 5.55. The summed E-state index contributed by atoms with van der Waals surface area (Å²) in [6.45, 7) is 0.324. The normalized spacial score (nSPS) is 13.0. The fraction of sp³-hybridized carbons (Fsp3) is 0.200. The maximum atomic E-state index is 11.0. The number of hydrogen-bond acceptors (Lipinski definition) is 3. The number of isocyanates is 1. The molecule has 0 spiro atoms. The molecular formula is C10H8N2O2. The van der Waals surface area contributed by atoms with Crippen LogP contribution in [0, 0.1) is 0 Å². The maximum Gasteiger partial charge on any atom is 0.235 e. The zero-order valence-corrected chi connectivity index (χ0v) is 7.41. The van der Waals surface area contributed by atoms with E-state index in [0.717, 1.165) is 16.8 Å². The molecule has 1 aromatic rings. The predicted octanol–water partition coefficient (Wildman–Crippen LogP) is 1.02. The van der Waals surface area contributed by atoms with Crippen molar-refractivity contribution in [2.45, 2.75) is 13.0 Å². The van der Waals surface area contributed by atoms with Crippen molar-refractivity contribution < 1.29 is 9.59 Å². The van der Waals surface area contributed by atoms with E-state index in [9.17, 15) is 9.59 Å². The summed E-state index contributed by atoms with van der Waals surface area (Å²) in [5.41, 5.74) is 2.74. The van der Waals surface area contributed by atoms with Gasteiger partial charge in [0, 0.05) is 5.69 Å². The summed E-state index contributed by atoms with van der Waals surface area (Å²) in [4.78, 5) is 24.4. The van der Waals surface area contributed by atoms with Gasteiger partial charge in [-0.05, 0) is 17.2 Å². The summed E-state index contributed by atoms with van der Waals surface area (Å²) < 4.78 is 0. The molecule has 0 aromatic heterocycles. The minimum Gasteiger partial charge on any atom is -0.326 e. The van der Waals surface area contributed by atoms with E-state index in [-0.39, 0.29) is 5.91 Å². The highest BCUT2D eigenvalue weighted by atomic mass is 16.1. The Kier molecular flexibility index (Phi) is 2.13. The van der Waals surface area contributed by atoms with Crippen molar-refractivity contribution in [3.63, 3.8) is 0 Å². The van der Waals surface area contributed by atoms with Gasteiger partial charge in [-0.15, -0.1) is 0 Å². The molecule has 1 aliphatic rings. The van der Waals surface area contributed by atoms with Crippen LogP contribution in [0.4, 0.5) is 5.69 Å². The van der Waals surface area contributed by atoms with Crippen LogP contribution in [0.5, 0.6) is 0 Å². The number of fused-ring (bicyclic) bond motifs is 1. The lowest BCUT2D eigenvalue weighted by Gasteiger charge is -1.99. The van der Waals surface area contributed by atoms with E-state index in [2.05, 4.69) is 10.3 Å². The summed E-state index contributed by atoms with van der Waals surface area (Å²) in [6.07, 6.45) is 1.90. The Balaban J connectivity index is 2.28. The Morgan fingerprint density at radius 2 is 2.36 bits per heavy atom. The van der Waals surface area contributed by atoms with Crippen LogP contribution in [0.25, 0.3) is 0 Å². The topological polar surface area (TPSA) is 58.5 Å². The Morgan fingerprint density at radius 3 is 3.14 bits per heavy atom. The molecule has 0 fully saturated rings. The molecule has 0 saturated heterocycles.